The third-order valence-corrected chi connectivity index (χ3v) is 3.50. The van der Waals surface area contributed by atoms with Crippen LogP contribution in [0.4, 0.5) is 11.5 Å². The monoisotopic (exact) mass is 312 g/mol. The molecule has 0 fully saturated rings. The van der Waals surface area contributed by atoms with Crippen molar-refractivity contribution in [2.45, 2.75) is 19.9 Å². The molecule has 5 nitrogen and oxygen atoms in total. The summed E-state index contributed by atoms with van der Waals surface area (Å²) in [6.45, 7) is 3.93. The highest BCUT2D eigenvalue weighted by atomic mass is 35.5. The topological polar surface area (TPSA) is 72.9 Å². The maximum absolute atomic E-state index is 12.3. The van der Waals surface area contributed by atoms with Crippen LogP contribution < -0.4 is 11.1 Å². The number of anilines is 2. The molecule has 3 N–H and O–H groups in total. The van der Waals surface area contributed by atoms with E-state index in [9.17, 15) is 4.79 Å². The van der Waals surface area contributed by atoms with Gasteiger partial charge in [0, 0.05) is 17.8 Å². The minimum atomic E-state index is -0.383. The maximum Gasteiger partial charge on any atom is 0.258 e. The molecule has 0 unspecified atom stereocenters. The number of nitrogen functional groups attached to an aromatic ring is 1. The molecule has 0 radical (unpaired) electrons. The lowest BCUT2D eigenvalue weighted by Gasteiger charge is -2.13. The molecule has 0 atom stereocenters. The van der Waals surface area contributed by atoms with Gasteiger partial charge in [0.05, 0.1) is 21.8 Å². The predicted molar refractivity (Wildman–Crippen MR) is 81.4 cm³/mol. The smallest absolute Gasteiger partial charge is 0.258 e. The first-order chi connectivity index (χ1) is 9.40. The Morgan fingerprint density at radius 3 is 2.75 bits per heavy atom. The molecule has 0 spiro atoms. The lowest BCUT2D eigenvalue weighted by molar-refractivity contribution is 0.102. The van der Waals surface area contributed by atoms with Gasteiger partial charge in [0.1, 0.15) is 5.82 Å². The van der Waals surface area contributed by atoms with Crippen LogP contribution in [0.3, 0.4) is 0 Å². The van der Waals surface area contributed by atoms with Gasteiger partial charge >= 0.3 is 0 Å². The Morgan fingerprint density at radius 2 is 2.10 bits per heavy atom. The van der Waals surface area contributed by atoms with Gasteiger partial charge in [-0.3, -0.25) is 4.79 Å². The summed E-state index contributed by atoms with van der Waals surface area (Å²) < 4.78 is 1.69. The molecular formula is C13H14Cl2N4O. The quantitative estimate of drug-likeness (QED) is 0.850. The number of benzene rings is 1. The van der Waals surface area contributed by atoms with Crippen molar-refractivity contribution in [2.75, 3.05) is 11.1 Å². The van der Waals surface area contributed by atoms with E-state index in [0.717, 1.165) is 0 Å². The van der Waals surface area contributed by atoms with Crippen LogP contribution in [0.2, 0.25) is 10.0 Å². The number of nitrogens with one attached hydrogen (secondary N) is 1. The molecule has 1 aromatic heterocycles. The largest absolute Gasteiger partial charge is 0.399 e. The van der Waals surface area contributed by atoms with Gasteiger partial charge in [-0.05, 0) is 26.0 Å². The van der Waals surface area contributed by atoms with Crippen molar-refractivity contribution < 1.29 is 4.79 Å². The summed E-state index contributed by atoms with van der Waals surface area (Å²) in [6, 6.07) is 4.82. The predicted octanol–water partition coefficient (Wildman–Crippen LogP) is 3.61. The van der Waals surface area contributed by atoms with Gasteiger partial charge < -0.3 is 11.1 Å². The average Bonchev–Trinajstić information content (AvgIpc) is 2.81. The number of carbonyl (C=O) groups is 1. The van der Waals surface area contributed by atoms with E-state index in [2.05, 4.69) is 10.4 Å². The van der Waals surface area contributed by atoms with Gasteiger partial charge in [0.2, 0.25) is 0 Å². The average molecular weight is 313 g/mol. The van der Waals surface area contributed by atoms with Crippen LogP contribution in [0.5, 0.6) is 0 Å². The Bertz CT molecular complexity index is 652. The van der Waals surface area contributed by atoms with Crippen molar-refractivity contribution in [2.24, 2.45) is 0 Å². The molecule has 0 saturated carbocycles. The van der Waals surface area contributed by atoms with Gasteiger partial charge in [0.25, 0.3) is 5.91 Å². The van der Waals surface area contributed by atoms with Gasteiger partial charge in [-0.2, -0.15) is 5.10 Å². The Balaban J connectivity index is 2.31. The highest BCUT2D eigenvalue weighted by Crippen LogP contribution is 2.29. The fraction of sp³-hybridized carbons (Fsp3) is 0.231. The minimum Gasteiger partial charge on any atom is -0.399 e. The van der Waals surface area contributed by atoms with Crippen LogP contribution in [0.1, 0.15) is 30.2 Å². The maximum atomic E-state index is 12.3. The molecule has 0 aliphatic carbocycles. The molecule has 1 aromatic carbocycles. The van der Waals surface area contributed by atoms with Crippen LogP contribution in [0, 0.1) is 0 Å². The Morgan fingerprint density at radius 1 is 1.40 bits per heavy atom. The van der Waals surface area contributed by atoms with Crippen LogP contribution in [-0.4, -0.2) is 15.7 Å². The van der Waals surface area contributed by atoms with Gasteiger partial charge in [-0.15, -0.1) is 0 Å². The van der Waals surface area contributed by atoms with E-state index in [0.29, 0.717) is 11.5 Å². The number of carbonyl (C=O) groups excluding carboxylic acids is 1. The fourth-order valence-corrected chi connectivity index (χ4v) is 2.21. The Hall–Kier alpha value is -1.72. The van der Waals surface area contributed by atoms with Gasteiger partial charge in [0.15, 0.2) is 0 Å². The molecule has 106 valence electrons. The van der Waals surface area contributed by atoms with Crippen molar-refractivity contribution >= 4 is 40.6 Å². The van der Waals surface area contributed by atoms with E-state index in [1.54, 1.807) is 16.9 Å². The first-order valence-corrected chi connectivity index (χ1v) is 6.75. The number of rotatable bonds is 3. The number of hydrogen-bond donors (Lipinski definition) is 2. The third kappa shape index (κ3) is 2.89. The summed E-state index contributed by atoms with van der Waals surface area (Å²) in [5.41, 5.74) is 6.28. The zero-order valence-corrected chi connectivity index (χ0v) is 12.5. The SMILES string of the molecule is CC(C)n1nccc1NC(=O)c1cc(N)cc(Cl)c1Cl. The zero-order chi connectivity index (χ0) is 14.9. The molecule has 2 rings (SSSR count). The fourth-order valence-electron chi connectivity index (χ4n) is 1.78. The van der Waals surface area contributed by atoms with E-state index in [4.69, 9.17) is 28.9 Å². The molecule has 0 aliphatic rings. The van der Waals surface area contributed by atoms with Crippen LogP contribution >= 0.6 is 23.2 Å². The summed E-state index contributed by atoms with van der Waals surface area (Å²) in [5, 5.41) is 7.30. The second-order valence-electron chi connectivity index (χ2n) is 4.57. The summed E-state index contributed by atoms with van der Waals surface area (Å²) in [6.07, 6.45) is 1.61. The molecule has 0 aliphatic heterocycles. The summed E-state index contributed by atoms with van der Waals surface area (Å²) in [5.74, 6) is 0.200. The number of hydrogen-bond acceptors (Lipinski definition) is 3. The van der Waals surface area contributed by atoms with E-state index in [1.807, 2.05) is 13.8 Å². The summed E-state index contributed by atoms with van der Waals surface area (Å²) in [7, 11) is 0. The lowest BCUT2D eigenvalue weighted by atomic mass is 10.2. The number of aromatic nitrogens is 2. The number of nitrogens with zero attached hydrogens (tertiary/aromatic N) is 2. The van der Waals surface area contributed by atoms with Crippen molar-refractivity contribution in [1.29, 1.82) is 0 Å². The van der Waals surface area contributed by atoms with E-state index < -0.39 is 0 Å². The molecule has 1 heterocycles. The van der Waals surface area contributed by atoms with Crippen LogP contribution in [0.15, 0.2) is 24.4 Å². The van der Waals surface area contributed by atoms with Gasteiger partial charge in [-0.1, -0.05) is 23.2 Å². The van der Waals surface area contributed by atoms with Crippen molar-refractivity contribution in [3.63, 3.8) is 0 Å². The highest BCUT2D eigenvalue weighted by molar-refractivity contribution is 6.44. The number of amides is 1. The lowest BCUT2D eigenvalue weighted by Crippen LogP contribution is -2.17. The van der Waals surface area contributed by atoms with Crippen molar-refractivity contribution in [3.05, 3.63) is 40.0 Å². The van der Waals surface area contributed by atoms with Crippen molar-refractivity contribution in [1.82, 2.24) is 9.78 Å². The number of halogens is 2. The molecule has 0 bridgehead atoms. The minimum absolute atomic E-state index is 0.125. The first kappa shape index (κ1) is 14.7. The van der Waals surface area contributed by atoms with E-state index >= 15 is 0 Å². The molecule has 20 heavy (non-hydrogen) atoms. The molecule has 1 amide bonds. The van der Waals surface area contributed by atoms with Gasteiger partial charge in [-0.25, -0.2) is 4.68 Å². The van der Waals surface area contributed by atoms with E-state index in [-0.39, 0.29) is 27.6 Å². The standard InChI is InChI=1S/C13H14Cl2N4O/c1-7(2)19-11(3-4-17-19)18-13(20)9-5-8(16)6-10(14)12(9)15/h3-7H,16H2,1-2H3,(H,18,20). The summed E-state index contributed by atoms with van der Waals surface area (Å²) >= 11 is 11.9. The Kier molecular flexibility index (Phi) is 4.20. The molecule has 2 aromatic rings. The molecular weight excluding hydrogens is 299 g/mol. The third-order valence-electron chi connectivity index (χ3n) is 2.70. The van der Waals surface area contributed by atoms with E-state index in [1.165, 1.54) is 12.1 Å². The molecule has 7 heteroatoms. The second kappa shape index (κ2) is 5.73. The zero-order valence-electron chi connectivity index (χ0n) is 11.0. The first-order valence-electron chi connectivity index (χ1n) is 5.99. The van der Waals surface area contributed by atoms with Crippen LogP contribution in [0.25, 0.3) is 0 Å². The Labute approximate surface area is 126 Å². The second-order valence-corrected chi connectivity index (χ2v) is 5.36. The van der Waals surface area contributed by atoms with Crippen LogP contribution in [-0.2, 0) is 0 Å². The summed E-state index contributed by atoms with van der Waals surface area (Å²) in [4.78, 5) is 12.3. The van der Waals surface area contributed by atoms with Crippen molar-refractivity contribution in [3.8, 4) is 0 Å². The number of nitrogens with two attached hydrogens (primary N) is 1. The normalized spacial score (nSPS) is 10.8. The molecule has 0 saturated heterocycles. The highest BCUT2D eigenvalue weighted by Gasteiger charge is 2.16.